The van der Waals surface area contributed by atoms with Crippen molar-refractivity contribution in [3.63, 3.8) is 0 Å². The van der Waals surface area contributed by atoms with Crippen LogP contribution in [0.3, 0.4) is 0 Å². The van der Waals surface area contributed by atoms with Crippen LogP contribution < -0.4 is 15.4 Å². The highest BCUT2D eigenvalue weighted by Gasteiger charge is 2.14. The number of oxazole rings is 1. The van der Waals surface area contributed by atoms with Crippen molar-refractivity contribution in [1.82, 2.24) is 15.3 Å². The summed E-state index contributed by atoms with van der Waals surface area (Å²) in [6.45, 7) is 2.05. The fourth-order valence-corrected chi connectivity index (χ4v) is 3.31. The number of pyridine rings is 1. The molecule has 0 bridgehead atoms. The van der Waals surface area contributed by atoms with Crippen molar-refractivity contribution in [1.29, 1.82) is 0 Å². The summed E-state index contributed by atoms with van der Waals surface area (Å²) >= 11 is 0. The summed E-state index contributed by atoms with van der Waals surface area (Å²) in [7, 11) is 1.60. The molecule has 4 rings (SSSR count). The van der Waals surface area contributed by atoms with Gasteiger partial charge in [-0.25, -0.2) is 4.98 Å². The number of carbonyl (C=O) groups excluding carboxylic acids is 2. The number of methoxy groups -OCH3 is 1. The average Bonchev–Trinajstić information content (AvgIpc) is 3.24. The van der Waals surface area contributed by atoms with E-state index in [4.69, 9.17) is 9.15 Å². The Morgan fingerprint density at radius 3 is 2.59 bits per heavy atom. The Kier molecular flexibility index (Phi) is 6.98. The Morgan fingerprint density at radius 1 is 1.03 bits per heavy atom. The van der Waals surface area contributed by atoms with Crippen molar-refractivity contribution in [3.8, 4) is 17.2 Å². The van der Waals surface area contributed by atoms with Gasteiger partial charge >= 0.3 is 0 Å². The molecule has 0 aliphatic rings. The van der Waals surface area contributed by atoms with E-state index in [-0.39, 0.29) is 24.8 Å². The molecule has 0 spiro atoms. The first-order valence-corrected chi connectivity index (χ1v) is 10.7. The second-order valence-corrected chi connectivity index (χ2v) is 7.57. The molecule has 34 heavy (non-hydrogen) atoms. The van der Waals surface area contributed by atoms with Gasteiger partial charge in [-0.05, 0) is 55.0 Å². The number of aromatic nitrogens is 2. The van der Waals surface area contributed by atoms with Crippen molar-refractivity contribution < 1.29 is 18.7 Å². The molecule has 0 unspecified atom stereocenters. The van der Waals surface area contributed by atoms with Gasteiger partial charge < -0.3 is 19.8 Å². The van der Waals surface area contributed by atoms with E-state index in [0.29, 0.717) is 34.3 Å². The van der Waals surface area contributed by atoms with E-state index >= 15 is 0 Å². The number of benzene rings is 2. The molecule has 0 saturated carbocycles. The summed E-state index contributed by atoms with van der Waals surface area (Å²) in [5.74, 6) is 1.35. The second kappa shape index (κ2) is 10.4. The number of carbonyl (C=O) groups is 2. The van der Waals surface area contributed by atoms with Crippen LogP contribution in [0.15, 0.2) is 77.3 Å². The minimum Gasteiger partial charge on any atom is -0.497 e. The van der Waals surface area contributed by atoms with E-state index in [9.17, 15) is 9.59 Å². The summed E-state index contributed by atoms with van der Waals surface area (Å²) in [4.78, 5) is 33.3. The van der Waals surface area contributed by atoms with Crippen molar-refractivity contribution in [2.24, 2.45) is 0 Å². The summed E-state index contributed by atoms with van der Waals surface area (Å²) in [6.07, 6.45) is 1.82. The van der Waals surface area contributed by atoms with E-state index in [1.807, 2.05) is 30.3 Å². The highest BCUT2D eigenvalue weighted by molar-refractivity contribution is 6.03. The molecule has 2 heterocycles. The zero-order valence-electron chi connectivity index (χ0n) is 18.9. The van der Waals surface area contributed by atoms with E-state index in [2.05, 4.69) is 20.6 Å². The largest absolute Gasteiger partial charge is 0.497 e. The number of hydrogen-bond donors (Lipinski definition) is 2. The summed E-state index contributed by atoms with van der Waals surface area (Å²) in [5, 5.41) is 5.71. The molecule has 2 aromatic heterocycles. The molecule has 2 N–H and O–H groups in total. The van der Waals surface area contributed by atoms with E-state index in [1.165, 1.54) is 0 Å². The van der Waals surface area contributed by atoms with Crippen LogP contribution in [-0.4, -0.2) is 28.9 Å². The topological polar surface area (TPSA) is 106 Å². The van der Waals surface area contributed by atoms with Crippen LogP contribution in [0.2, 0.25) is 0 Å². The summed E-state index contributed by atoms with van der Waals surface area (Å²) in [5.41, 5.74) is 3.16. The van der Waals surface area contributed by atoms with Gasteiger partial charge in [-0.2, -0.15) is 0 Å². The molecule has 0 radical (unpaired) electrons. The third-order valence-corrected chi connectivity index (χ3v) is 5.13. The first-order chi connectivity index (χ1) is 16.5. The van der Waals surface area contributed by atoms with Gasteiger partial charge in [-0.15, -0.1) is 0 Å². The van der Waals surface area contributed by atoms with Gasteiger partial charge in [-0.1, -0.05) is 24.3 Å². The minimum absolute atomic E-state index is 0.117. The maximum atomic E-state index is 12.4. The van der Waals surface area contributed by atoms with Gasteiger partial charge in [0.05, 0.1) is 20.1 Å². The molecule has 2 aromatic carbocycles. The van der Waals surface area contributed by atoms with E-state index in [0.717, 1.165) is 11.3 Å². The number of rotatable bonds is 8. The molecule has 2 amide bonds. The van der Waals surface area contributed by atoms with Crippen LogP contribution >= 0.6 is 0 Å². The van der Waals surface area contributed by atoms with Crippen LogP contribution in [0.5, 0.6) is 5.75 Å². The fraction of sp³-hybridized carbons (Fsp3) is 0.154. The van der Waals surface area contributed by atoms with Gasteiger partial charge in [0.1, 0.15) is 22.9 Å². The predicted molar refractivity (Wildman–Crippen MR) is 127 cm³/mol. The quantitative estimate of drug-likeness (QED) is 0.412. The van der Waals surface area contributed by atoms with E-state index < -0.39 is 0 Å². The lowest BCUT2D eigenvalue weighted by atomic mass is 10.1. The van der Waals surface area contributed by atoms with Crippen molar-refractivity contribution in [2.75, 3.05) is 12.4 Å². The lowest BCUT2D eigenvalue weighted by Gasteiger charge is -2.06. The smallest absolute Gasteiger partial charge is 0.274 e. The molecule has 0 fully saturated rings. The monoisotopic (exact) mass is 456 g/mol. The van der Waals surface area contributed by atoms with Gasteiger partial charge in [-0.3, -0.25) is 14.6 Å². The Hall–Kier alpha value is -4.46. The van der Waals surface area contributed by atoms with Gasteiger partial charge in [0.15, 0.2) is 0 Å². The average molecular weight is 457 g/mol. The highest BCUT2D eigenvalue weighted by atomic mass is 16.5. The molecule has 8 heteroatoms. The third kappa shape index (κ3) is 5.66. The van der Waals surface area contributed by atoms with Crippen LogP contribution in [0.25, 0.3) is 11.5 Å². The van der Waals surface area contributed by atoms with Crippen molar-refractivity contribution in [2.45, 2.75) is 19.9 Å². The number of hydrogen-bond acceptors (Lipinski definition) is 6. The molecule has 0 aliphatic carbocycles. The number of nitrogens with zero attached hydrogens (tertiary/aromatic N) is 2. The maximum Gasteiger partial charge on any atom is 0.274 e. The van der Waals surface area contributed by atoms with Crippen LogP contribution in [-0.2, 0) is 17.8 Å². The fourth-order valence-electron chi connectivity index (χ4n) is 3.31. The second-order valence-electron chi connectivity index (χ2n) is 7.57. The molecular weight excluding hydrogens is 432 g/mol. The van der Waals surface area contributed by atoms with Gasteiger partial charge in [0, 0.05) is 17.4 Å². The lowest BCUT2D eigenvalue weighted by Crippen LogP contribution is -2.25. The standard InChI is InChI=1S/C26H24N4O4/c1-17-23(16-28-24(31)14-18-9-11-21(33-2)12-10-18)30-26(34-17)19-6-5-7-20(15-19)29-25(32)22-8-3-4-13-27-22/h3-13,15H,14,16H2,1-2H3,(H,28,31)(H,29,32). The first-order valence-electron chi connectivity index (χ1n) is 10.7. The molecular formula is C26H24N4O4. The van der Waals surface area contributed by atoms with Crippen LogP contribution in [0.4, 0.5) is 5.69 Å². The molecule has 0 atom stereocenters. The van der Waals surface area contributed by atoms with Gasteiger partial charge in [0.2, 0.25) is 11.8 Å². The lowest BCUT2D eigenvalue weighted by molar-refractivity contribution is -0.120. The third-order valence-electron chi connectivity index (χ3n) is 5.13. The Bertz CT molecular complexity index is 1280. The van der Waals surface area contributed by atoms with Crippen LogP contribution in [0, 0.1) is 6.92 Å². The normalized spacial score (nSPS) is 10.5. The van der Waals surface area contributed by atoms with Gasteiger partial charge in [0.25, 0.3) is 5.91 Å². The molecule has 172 valence electrons. The molecule has 0 saturated heterocycles. The zero-order chi connectivity index (χ0) is 23.9. The van der Waals surface area contributed by atoms with Crippen molar-refractivity contribution in [3.05, 3.63) is 95.6 Å². The molecule has 4 aromatic rings. The SMILES string of the molecule is COc1ccc(CC(=O)NCc2nc(-c3cccc(NC(=O)c4ccccn4)c3)oc2C)cc1. The number of amides is 2. The Labute approximate surface area is 197 Å². The number of nitrogens with one attached hydrogen (secondary N) is 2. The van der Waals surface area contributed by atoms with E-state index in [1.54, 1.807) is 56.6 Å². The predicted octanol–water partition coefficient (Wildman–Crippen LogP) is 4.16. The highest BCUT2D eigenvalue weighted by Crippen LogP contribution is 2.24. The number of ether oxygens (including phenoxy) is 1. The maximum absolute atomic E-state index is 12.4. The van der Waals surface area contributed by atoms with Crippen LogP contribution in [0.1, 0.15) is 27.5 Å². The van der Waals surface area contributed by atoms with Crippen molar-refractivity contribution >= 4 is 17.5 Å². The molecule has 8 nitrogen and oxygen atoms in total. The number of aryl methyl sites for hydroxylation is 1. The minimum atomic E-state index is -0.304. The molecule has 0 aliphatic heterocycles. The summed E-state index contributed by atoms with van der Waals surface area (Å²) < 4.78 is 11.0. The summed E-state index contributed by atoms with van der Waals surface area (Å²) in [6, 6.07) is 19.7. The first kappa shape index (κ1) is 22.7. The Balaban J connectivity index is 1.39. The number of anilines is 1. The Morgan fingerprint density at radius 2 is 1.85 bits per heavy atom. The zero-order valence-corrected chi connectivity index (χ0v) is 18.9.